The number of ether oxygens (including phenoxy) is 2. The molecule has 2 heterocycles. The Labute approximate surface area is 157 Å². The minimum Gasteiger partial charge on any atom is -0.493 e. The number of hydrogen-bond acceptors (Lipinski definition) is 3. The van der Waals surface area contributed by atoms with E-state index in [1.54, 1.807) is 0 Å². The lowest BCUT2D eigenvalue weighted by atomic mass is 9.79. The van der Waals surface area contributed by atoms with Gasteiger partial charge in [0.05, 0.1) is 25.0 Å². The van der Waals surface area contributed by atoms with E-state index in [2.05, 4.69) is 31.9 Å². The van der Waals surface area contributed by atoms with E-state index >= 15 is 0 Å². The molecule has 0 radical (unpaired) electrons. The maximum Gasteiger partial charge on any atom is 0.148 e. The fourth-order valence-corrected chi connectivity index (χ4v) is 4.32. The van der Waals surface area contributed by atoms with Crippen molar-refractivity contribution in [2.75, 3.05) is 13.2 Å². The van der Waals surface area contributed by atoms with E-state index in [0.29, 0.717) is 13.2 Å². The predicted molar refractivity (Wildman–Crippen MR) is 99.0 cm³/mol. The monoisotopic (exact) mass is 450 g/mol. The molecule has 24 heavy (non-hydrogen) atoms. The molecule has 0 amide bonds. The van der Waals surface area contributed by atoms with Gasteiger partial charge in [-0.25, -0.2) is 0 Å². The zero-order valence-corrected chi connectivity index (χ0v) is 16.1. The number of rotatable bonds is 2. The molecule has 3 nitrogen and oxygen atoms in total. The minimum atomic E-state index is -0.124. The lowest BCUT2D eigenvalue weighted by molar-refractivity contribution is -0.123. The van der Waals surface area contributed by atoms with Crippen LogP contribution in [0, 0.1) is 0 Å². The molecule has 0 aromatic heterocycles. The van der Waals surface area contributed by atoms with Crippen LogP contribution in [-0.2, 0) is 4.79 Å². The van der Waals surface area contributed by atoms with Gasteiger partial charge in [-0.05, 0) is 49.2 Å². The predicted octanol–water partition coefficient (Wildman–Crippen LogP) is 5.21. The molecule has 0 bridgehead atoms. The van der Waals surface area contributed by atoms with Crippen molar-refractivity contribution in [3.8, 4) is 11.5 Å². The molecule has 0 aliphatic carbocycles. The van der Waals surface area contributed by atoms with E-state index < -0.39 is 0 Å². The van der Waals surface area contributed by atoms with E-state index in [1.165, 1.54) is 0 Å². The van der Waals surface area contributed by atoms with E-state index in [-0.39, 0.29) is 17.6 Å². The molecule has 0 saturated heterocycles. The highest BCUT2D eigenvalue weighted by molar-refractivity contribution is 9.10. The lowest BCUT2D eigenvalue weighted by Gasteiger charge is -2.31. The smallest absolute Gasteiger partial charge is 0.148 e. The standard InChI is InChI=1S/C19H16Br2O3/c20-11-1-3-17-15(9-11)13(5-7-23-17)19(22)14-6-8-24-18-4-2-12(21)10-16(14)18/h1-4,9-10,13-14H,5-8H2. The van der Waals surface area contributed by atoms with Gasteiger partial charge in [0, 0.05) is 20.1 Å². The van der Waals surface area contributed by atoms with Gasteiger partial charge in [0.15, 0.2) is 0 Å². The summed E-state index contributed by atoms with van der Waals surface area (Å²) in [5.74, 6) is 1.66. The Hall–Kier alpha value is -1.33. The summed E-state index contributed by atoms with van der Waals surface area (Å²) in [6.45, 7) is 1.17. The van der Waals surface area contributed by atoms with Gasteiger partial charge in [0.25, 0.3) is 0 Å². The maximum atomic E-state index is 13.4. The first-order valence-corrected chi connectivity index (χ1v) is 9.60. The molecule has 2 aliphatic rings. The summed E-state index contributed by atoms with van der Waals surface area (Å²) in [5, 5.41) is 0. The van der Waals surface area contributed by atoms with Crippen molar-refractivity contribution in [3.05, 3.63) is 56.5 Å². The summed E-state index contributed by atoms with van der Waals surface area (Å²) in [6.07, 6.45) is 1.45. The second-order valence-corrected chi connectivity index (χ2v) is 7.98. The summed E-state index contributed by atoms with van der Waals surface area (Å²) >= 11 is 7.01. The molecule has 0 N–H and O–H groups in total. The molecule has 0 spiro atoms. The van der Waals surface area contributed by atoms with E-state index in [9.17, 15) is 4.79 Å². The first-order chi connectivity index (χ1) is 11.6. The number of halogens is 2. The topological polar surface area (TPSA) is 35.5 Å². The highest BCUT2D eigenvalue weighted by atomic mass is 79.9. The first kappa shape index (κ1) is 16.2. The molecular formula is C19H16Br2O3. The van der Waals surface area contributed by atoms with Gasteiger partial charge >= 0.3 is 0 Å². The quantitative estimate of drug-likeness (QED) is 0.628. The third-order valence-corrected chi connectivity index (χ3v) is 5.70. The van der Waals surface area contributed by atoms with E-state index in [4.69, 9.17) is 9.47 Å². The van der Waals surface area contributed by atoms with Crippen LogP contribution in [-0.4, -0.2) is 19.0 Å². The fraction of sp³-hybridized carbons (Fsp3) is 0.316. The molecule has 124 valence electrons. The minimum absolute atomic E-state index is 0.124. The van der Waals surface area contributed by atoms with Crippen molar-refractivity contribution in [1.82, 2.24) is 0 Å². The van der Waals surface area contributed by atoms with Crippen LogP contribution in [0.1, 0.15) is 35.8 Å². The van der Waals surface area contributed by atoms with Crippen LogP contribution in [0.5, 0.6) is 11.5 Å². The van der Waals surface area contributed by atoms with Gasteiger partial charge in [-0.15, -0.1) is 0 Å². The zero-order valence-electron chi connectivity index (χ0n) is 12.9. The molecule has 2 aliphatic heterocycles. The van der Waals surface area contributed by atoms with Crippen LogP contribution >= 0.6 is 31.9 Å². The summed E-state index contributed by atoms with van der Waals surface area (Å²) in [6, 6.07) is 11.8. The lowest BCUT2D eigenvalue weighted by Crippen LogP contribution is -2.29. The van der Waals surface area contributed by atoms with Gasteiger partial charge in [-0.2, -0.15) is 0 Å². The van der Waals surface area contributed by atoms with Crippen LogP contribution < -0.4 is 9.47 Å². The number of benzene rings is 2. The number of carbonyl (C=O) groups is 1. The molecular weight excluding hydrogens is 436 g/mol. The Bertz CT molecular complexity index is 738. The van der Waals surface area contributed by atoms with Crippen LogP contribution in [0.2, 0.25) is 0 Å². The number of hydrogen-bond donors (Lipinski definition) is 0. The van der Waals surface area contributed by atoms with Crippen molar-refractivity contribution in [3.63, 3.8) is 0 Å². The number of carbonyl (C=O) groups excluding carboxylic acids is 1. The maximum absolute atomic E-state index is 13.4. The molecule has 2 atom stereocenters. The Balaban J connectivity index is 1.72. The van der Waals surface area contributed by atoms with Crippen molar-refractivity contribution in [2.45, 2.75) is 24.7 Å². The van der Waals surface area contributed by atoms with E-state index in [0.717, 1.165) is 44.4 Å². The summed E-state index contributed by atoms with van der Waals surface area (Å²) in [4.78, 5) is 13.4. The van der Waals surface area contributed by atoms with Gasteiger partial charge in [-0.1, -0.05) is 31.9 Å². The highest BCUT2D eigenvalue weighted by Gasteiger charge is 2.36. The Morgan fingerprint density at radius 3 is 1.75 bits per heavy atom. The van der Waals surface area contributed by atoms with Gasteiger partial charge in [0.1, 0.15) is 17.3 Å². The molecule has 2 aromatic rings. The van der Waals surface area contributed by atoms with E-state index in [1.807, 2.05) is 36.4 Å². The molecule has 0 saturated carbocycles. The van der Waals surface area contributed by atoms with Crippen molar-refractivity contribution in [2.24, 2.45) is 0 Å². The summed E-state index contributed by atoms with van der Waals surface area (Å²) in [7, 11) is 0. The molecule has 4 rings (SSSR count). The second kappa shape index (κ2) is 6.52. The molecule has 2 unspecified atom stereocenters. The third-order valence-electron chi connectivity index (χ3n) is 4.71. The largest absolute Gasteiger partial charge is 0.493 e. The SMILES string of the molecule is O=C(C1CCOc2ccc(Br)cc21)C1CCOc2ccc(Br)cc21. The van der Waals surface area contributed by atoms with Crippen molar-refractivity contribution in [1.29, 1.82) is 0 Å². The molecule has 5 heteroatoms. The number of ketones is 1. The zero-order chi connectivity index (χ0) is 16.7. The Kier molecular flexibility index (Phi) is 4.39. The second-order valence-electron chi connectivity index (χ2n) is 6.15. The fourth-order valence-electron chi connectivity index (χ4n) is 3.56. The average Bonchev–Trinajstić information content (AvgIpc) is 2.60. The van der Waals surface area contributed by atoms with Crippen LogP contribution in [0.25, 0.3) is 0 Å². The summed E-state index contributed by atoms with van der Waals surface area (Å²) in [5.41, 5.74) is 1.98. The van der Waals surface area contributed by atoms with Gasteiger partial charge in [0.2, 0.25) is 0 Å². The first-order valence-electron chi connectivity index (χ1n) is 8.01. The van der Waals surface area contributed by atoms with Crippen molar-refractivity contribution >= 4 is 37.6 Å². The normalized spacial score (nSPS) is 21.9. The third kappa shape index (κ3) is 2.88. The van der Waals surface area contributed by atoms with Crippen LogP contribution in [0.4, 0.5) is 0 Å². The number of Topliss-reactive ketones (excluding diaryl/α,β-unsaturated/α-hetero) is 1. The Morgan fingerprint density at radius 1 is 0.833 bits per heavy atom. The summed E-state index contributed by atoms with van der Waals surface area (Å²) < 4.78 is 13.4. The van der Waals surface area contributed by atoms with Crippen LogP contribution in [0.15, 0.2) is 45.3 Å². The molecule has 0 fully saturated rings. The number of fused-ring (bicyclic) bond motifs is 2. The molecule has 2 aromatic carbocycles. The van der Waals surface area contributed by atoms with Crippen molar-refractivity contribution < 1.29 is 14.3 Å². The average molecular weight is 452 g/mol. The van der Waals surface area contributed by atoms with Gasteiger partial charge < -0.3 is 9.47 Å². The Morgan fingerprint density at radius 2 is 1.29 bits per heavy atom. The van der Waals surface area contributed by atoms with Crippen LogP contribution in [0.3, 0.4) is 0 Å². The van der Waals surface area contributed by atoms with Gasteiger partial charge in [-0.3, -0.25) is 4.79 Å². The highest BCUT2D eigenvalue weighted by Crippen LogP contribution is 2.43.